The van der Waals surface area contributed by atoms with Gasteiger partial charge < -0.3 is 9.64 Å². The maximum absolute atomic E-state index is 13.2. The number of aromatic nitrogens is 2. The molecular weight excluding hydrogens is 406 g/mol. The molecule has 0 saturated heterocycles. The highest BCUT2D eigenvalue weighted by molar-refractivity contribution is 7.15. The van der Waals surface area contributed by atoms with Crippen LogP contribution in [0, 0.1) is 6.92 Å². The highest BCUT2D eigenvalue weighted by Gasteiger charge is 2.23. The van der Waals surface area contributed by atoms with Crippen LogP contribution in [0.25, 0.3) is 16.2 Å². The van der Waals surface area contributed by atoms with Crippen molar-refractivity contribution in [3.8, 4) is 17.0 Å². The Balaban J connectivity index is 1.39. The number of aryl methyl sites for hydroxylation is 2. The van der Waals surface area contributed by atoms with Crippen molar-refractivity contribution >= 4 is 27.9 Å². The molecule has 0 spiro atoms. The minimum atomic E-state index is 0.140. The van der Waals surface area contributed by atoms with Gasteiger partial charge >= 0.3 is 0 Å². The zero-order valence-electron chi connectivity index (χ0n) is 17.8. The van der Waals surface area contributed by atoms with Crippen molar-refractivity contribution in [3.05, 3.63) is 70.9 Å². The zero-order chi connectivity index (χ0) is 21.4. The molecule has 1 aliphatic heterocycles. The van der Waals surface area contributed by atoms with Crippen LogP contribution in [0.15, 0.2) is 54.0 Å². The van der Waals surface area contributed by atoms with Crippen LogP contribution in [-0.4, -0.2) is 28.4 Å². The molecule has 5 rings (SSSR count). The second-order valence-corrected chi connectivity index (χ2v) is 8.76. The first-order valence-electron chi connectivity index (χ1n) is 10.7. The van der Waals surface area contributed by atoms with Gasteiger partial charge in [-0.1, -0.05) is 17.7 Å². The van der Waals surface area contributed by atoms with E-state index in [1.165, 1.54) is 11.1 Å². The number of nitrogens with zero attached hydrogens (tertiary/aromatic N) is 3. The standard InChI is InChI=1S/C25H25N3O2S/c1-3-30-21-9-7-18(8-10-21)22-15-28-20(16-31-25(28)26-22)14-24(29)27-12-4-5-19-13-17(2)6-11-23(19)27/h6-11,13,15-16H,3-5,12,14H2,1-2H3. The van der Waals surface area contributed by atoms with Crippen LogP contribution in [-0.2, 0) is 17.6 Å². The first-order chi connectivity index (χ1) is 15.1. The van der Waals surface area contributed by atoms with E-state index in [-0.39, 0.29) is 5.91 Å². The van der Waals surface area contributed by atoms with Crippen molar-refractivity contribution in [3.63, 3.8) is 0 Å². The predicted octanol–water partition coefficient (Wildman–Crippen LogP) is 5.29. The second-order valence-electron chi connectivity index (χ2n) is 7.92. The average Bonchev–Trinajstić information content (AvgIpc) is 3.36. The number of imidazole rings is 1. The van der Waals surface area contributed by atoms with E-state index in [0.29, 0.717) is 13.0 Å². The van der Waals surface area contributed by atoms with Gasteiger partial charge in [0.05, 0.1) is 18.7 Å². The number of ether oxygens (including phenoxy) is 1. The molecule has 6 heteroatoms. The Morgan fingerprint density at radius 2 is 2.03 bits per heavy atom. The number of fused-ring (bicyclic) bond motifs is 2. The van der Waals surface area contributed by atoms with Crippen LogP contribution in [0.1, 0.15) is 30.2 Å². The van der Waals surface area contributed by atoms with Crippen molar-refractivity contribution in [2.45, 2.75) is 33.1 Å². The molecule has 1 aliphatic rings. The molecule has 5 nitrogen and oxygen atoms in total. The van der Waals surface area contributed by atoms with Gasteiger partial charge in [0.25, 0.3) is 0 Å². The molecule has 31 heavy (non-hydrogen) atoms. The summed E-state index contributed by atoms with van der Waals surface area (Å²) >= 11 is 1.57. The largest absolute Gasteiger partial charge is 0.494 e. The minimum Gasteiger partial charge on any atom is -0.494 e. The highest BCUT2D eigenvalue weighted by Crippen LogP contribution is 2.30. The lowest BCUT2D eigenvalue weighted by Crippen LogP contribution is -2.36. The molecule has 0 saturated carbocycles. The topological polar surface area (TPSA) is 46.8 Å². The number of rotatable bonds is 5. The third-order valence-electron chi connectivity index (χ3n) is 5.73. The van der Waals surface area contributed by atoms with Crippen LogP contribution in [0.5, 0.6) is 5.75 Å². The molecule has 158 valence electrons. The maximum Gasteiger partial charge on any atom is 0.232 e. The number of thiazole rings is 1. The molecule has 4 aromatic rings. The quantitative estimate of drug-likeness (QED) is 0.431. The summed E-state index contributed by atoms with van der Waals surface area (Å²) < 4.78 is 7.58. The van der Waals surface area contributed by atoms with Gasteiger partial charge in [0.15, 0.2) is 4.96 Å². The van der Waals surface area contributed by atoms with Gasteiger partial charge in [0.2, 0.25) is 5.91 Å². The molecular formula is C25H25N3O2S. The SMILES string of the molecule is CCOc1ccc(-c2cn3c(CC(=O)N4CCCc5cc(C)ccc54)csc3n2)cc1. The Morgan fingerprint density at radius 3 is 2.84 bits per heavy atom. The van der Waals surface area contributed by atoms with Gasteiger partial charge in [-0.05, 0) is 62.6 Å². The van der Waals surface area contributed by atoms with Crippen molar-refractivity contribution in [2.24, 2.45) is 0 Å². The van der Waals surface area contributed by atoms with Gasteiger partial charge in [-0.2, -0.15) is 0 Å². The van der Waals surface area contributed by atoms with Crippen LogP contribution < -0.4 is 9.64 Å². The summed E-state index contributed by atoms with van der Waals surface area (Å²) in [5, 5.41) is 2.04. The fraction of sp³-hybridized carbons (Fsp3) is 0.280. The van der Waals surface area contributed by atoms with Crippen LogP contribution in [0.2, 0.25) is 0 Å². The third-order valence-corrected chi connectivity index (χ3v) is 6.62. The van der Waals surface area contributed by atoms with Gasteiger partial charge in [-0.15, -0.1) is 11.3 Å². The number of hydrogen-bond donors (Lipinski definition) is 0. The number of hydrogen-bond acceptors (Lipinski definition) is 4. The summed E-state index contributed by atoms with van der Waals surface area (Å²) in [4.78, 5) is 20.8. The van der Waals surface area contributed by atoms with E-state index in [0.717, 1.165) is 52.7 Å². The Morgan fingerprint density at radius 1 is 1.19 bits per heavy atom. The first kappa shape index (κ1) is 19.8. The van der Waals surface area contributed by atoms with Crippen LogP contribution in [0.3, 0.4) is 0 Å². The van der Waals surface area contributed by atoms with Crippen molar-refractivity contribution in [2.75, 3.05) is 18.1 Å². The van der Waals surface area contributed by atoms with Crippen LogP contribution in [0.4, 0.5) is 5.69 Å². The Hall–Kier alpha value is -3.12. The minimum absolute atomic E-state index is 0.140. The number of amides is 1. The Bertz CT molecular complexity index is 1240. The van der Waals surface area contributed by atoms with E-state index in [2.05, 4.69) is 25.1 Å². The van der Waals surface area contributed by atoms with E-state index < -0.39 is 0 Å². The molecule has 0 aliphatic carbocycles. The fourth-order valence-corrected chi connectivity index (χ4v) is 5.09. The zero-order valence-corrected chi connectivity index (χ0v) is 18.6. The molecule has 0 radical (unpaired) electrons. The summed E-state index contributed by atoms with van der Waals surface area (Å²) in [6.07, 6.45) is 4.44. The lowest BCUT2D eigenvalue weighted by molar-refractivity contribution is -0.118. The molecule has 1 amide bonds. The van der Waals surface area contributed by atoms with E-state index in [9.17, 15) is 4.79 Å². The van der Waals surface area contributed by atoms with E-state index in [1.807, 2.05) is 52.1 Å². The van der Waals surface area contributed by atoms with Crippen molar-refractivity contribution in [1.82, 2.24) is 9.38 Å². The highest BCUT2D eigenvalue weighted by atomic mass is 32.1. The molecule has 0 unspecified atom stereocenters. The van der Waals surface area contributed by atoms with Gasteiger partial charge in [0, 0.05) is 35.1 Å². The van der Waals surface area contributed by atoms with Gasteiger partial charge in [-0.3, -0.25) is 9.20 Å². The average molecular weight is 432 g/mol. The van der Waals surface area contributed by atoms with Crippen molar-refractivity contribution < 1.29 is 9.53 Å². The number of anilines is 1. The molecule has 0 N–H and O–H groups in total. The summed E-state index contributed by atoms with van der Waals surface area (Å²) in [7, 11) is 0. The number of carbonyl (C=O) groups is 1. The molecule has 0 bridgehead atoms. The maximum atomic E-state index is 13.2. The first-order valence-corrected chi connectivity index (χ1v) is 11.6. The van der Waals surface area contributed by atoms with Crippen molar-refractivity contribution in [1.29, 1.82) is 0 Å². The summed E-state index contributed by atoms with van der Waals surface area (Å²) in [5.41, 5.74) is 6.51. The van der Waals surface area contributed by atoms with Gasteiger partial charge in [0.1, 0.15) is 5.75 Å². The smallest absolute Gasteiger partial charge is 0.232 e. The third kappa shape index (κ3) is 3.83. The molecule has 0 fully saturated rings. The van der Waals surface area contributed by atoms with Crippen LogP contribution >= 0.6 is 11.3 Å². The second kappa shape index (κ2) is 8.19. The molecule has 2 aromatic carbocycles. The fourth-order valence-electron chi connectivity index (χ4n) is 4.22. The lowest BCUT2D eigenvalue weighted by atomic mass is 9.99. The summed E-state index contributed by atoms with van der Waals surface area (Å²) in [6, 6.07) is 14.4. The monoisotopic (exact) mass is 431 g/mol. The normalized spacial score (nSPS) is 13.4. The van der Waals surface area contributed by atoms with E-state index in [4.69, 9.17) is 9.72 Å². The molecule has 2 aromatic heterocycles. The summed E-state index contributed by atoms with van der Waals surface area (Å²) in [6.45, 7) is 5.51. The van der Waals surface area contributed by atoms with E-state index in [1.54, 1.807) is 11.3 Å². The molecule has 3 heterocycles. The number of carbonyl (C=O) groups excluding carboxylic acids is 1. The Kier molecular flexibility index (Phi) is 5.24. The number of benzene rings is 2. The van der Waals surface area contributed by atoms with E-state index >= 15 is 0 Å². The summed E-state index contributed by atoms with van der Waals surface area (Å²) in [5.74, 6) is 0.997. The van der Waals surface area contributed by atoms with Gasteiger partial charge in [-0.25, -0.2) is 4.98 Å². The predicted molar refractivity (Wildman–Crippen MR) is 125 cm³/mol. The molecule has 0 atom stereocenters. The lowest BCUT2D eigenvalue weighted by Gasteiger charge is -2.29. The Labute approximate surface area is 185 Å².